The molecule has 0 saturated carbocycles. The highest BCUT2D eigenvalue weighted by Crippen LogP contribution is 2.21. The van der Waals surface area contributed by atoms with Crippen LogP contribution in [-0.4, -0.2) is 16.7 Å². The standard InChI is InChI=1S/C20H16F2N2O3S/c21-20(22)27-15-8-6-14(7-9-15)18(25)17(24-10-2-1-3-11-24)19(28)23-13-16-5-4-12-26-16/h1-12,20H,13H2,(H-,23,25,28)/p+1. The second-order valence-electron chi connectivity index (χ2n) is 5.64. The Morgan fingerprint density at radius 3 is 2.43 bits per heavy atom. The zero-order valence-corrected chi connectivity index (χ0v) is 15.4. The molecule has 0 aliphatic carbocycles. The molecule has 2 aromatic heterocycles. The number of nitrogens with one attached hydrogen (secondary N) is 1. The third kappa shape index (κ3) is 4.92. The highest BCUT2D eigenvalue weighted by Gasteiger charge is 2.23. The molecule has 0 radical (unpaired) electrons. The van der Waals surface area contributed by atoms with Crippen LogP contribution < -0.4 is 14.6 Å². The van der Waals surface area contributed by atoms with Crippen LogP contribution in [0.25, 0.3) is 11.5 Å². The van der Waals surface area contributed by atoms with Crippen LogP contribution in [-0.2, 0) is 6.54 Å². The number of rotatable bonds is 7. The number of aliphatic hydroxyl groups is 1. The van der Waals surface area contributed by atoms with Gasteiger partial charge in [0.1, 0.15) is 11.5 Å². The van der Waals surface area contributed by atoms with Gasteiger partial charge in [0.2, 0.25) is 0 Å². The van der Waals surface area contributed by atoms with Crippen molar-refractivity contribution in [2.75, 3.05) is 0 Å². The first kappa shape index (κ1) is 19.5. The van der Waals surface area contributed by atoms with Crippen LogP contribution in [0, 0.1) is 0 Å². The summed E-state index contributed by atoms with van der Waals surface area (Å²) in [5.74, 6) is 0.573. The van der Waals surface area contributed by atoms with E-state index in [-0.39, 0.29) is 16.5 Å². The molecule has 0 amide bonds. The zero-order chi connectivity index (χ0) is 19.9. The maximum Gasteiger partial charge on any atom is 0.387 e. The van der Waals surface area contributed by atoms with E-state index in [1.807, 2.05) is 6.07 Å². The van der Waals surface area contributed by atoms with Crippen molar-refractivity contribution in [2.45, 2.75) is 13.2 Å². The first-order valence-electron chi connectivity index (χ1n) is 8.30. The van der Waals surface area contributed by atoms with E-state index in [4.69, 9.17) is 16.6 Å². The number of aromatic nitrogens is 1. The summed E-state index contributed by atoms with van der Waals surface area (Å²) in [4.78, 5) is 0.290. The number of hydrogen-bond acceptors (Lipinski definition) is 4. The van der Waals surface area contributed by atoms with Gasteiger partial charge in [0, 0.05) is 17.7 Å². The number of furan rings is 1. The van der Waals surface area contributed by atoms with E-state index < -0.39 is 6.61 Å². The van der Waals surface area contributed by atoms with Crippen LogP contribution >= 0.6 is 12.2 Å². The van der Waals surface area contributed by atoms with Crippen molar-refractivity contribution >= 4 is 28.7 Å². The van der Waals surface area contributed by atoms with Crippen LogP contribution in [0.1, 0.15) is 11.3 Å². The molecule has 2 N–H and O–H groups in total. The van der Waals surface area contributed by atoms with Crippen LogP contribution in [0.15, 0.2) is 77.7 Å². The summed E-state index contributed by atoms with van der Waals surface area (Å²) < 4.78 is 35.9. The molecule has 0 aliphatic heterocycles. The number of alkyl halides is 2. The van der Waals surface area contributed by atoms with Crippen molar-refractivity contribution in [3.8, 4) is 5.75 Å². The summed E-state index contributed by atoms with van der Waals surface area (Å²) in [6.07, 6.45) is 5.03. The number of pyridine rings is 1. The fourth-order valence-electron chi connectivity index (χ4n) is 2.49. The Labute approximate surface area is 165 Å². The average molecular weight is 403 g/mol. The predicted octanol–water partition coefficient (Wildman–Crippen LogP) is 4.17. The minimum absolute atomic E-state index is 0.000940. The molecule has 2 heterocycles. The fraction of sp³-hybridized carbons (Fsp3) is 0.100. The number of nitrogens with zero attached hydrogens (tertiary/aromatic N) is 1. The van der Waals surface area contributed by atoms with Crippen LogP contribution in [0.4, 0.5) is 8.78 Å². The molecule has 3 aromatic rings. The van der Waals surface area contributed by atoms with Crippen LogP contribution in [0.3, 0.4) is 0 Å². The van der Waals surface area contributed by atoms with E-state index in [0.29, 0.717) is 23.6 Å². The van der Waals surface area contributed by atoms with Gasteiger partial charge in [-0.05, 0) is 36.4 Å². The molecule has 144 valence electrons. The highest BCUT2D eigenvalue weighted by molar-refractivity contribution is 7.81. The normalized spacial score (nSPS) is 11.8. The molecular formula is C20H17F2N2O3S+. The topological polar surface area (TPSA) is 58.5 Å². The minimum atomic E-state index is -2.91. The summed E-state index contributed by atoms with van der Waals surface area (Å²) in [5.41, 5.74) is 0.736. The second kappa shape index (κ2) is 9.09. The molecule has 0 saturated heterocycles. The van der Waals surface area contributed by atoms with Gasteiger partial charge in [-0.25, -0.2) is 0 Å². The smallest absolute Gasteiger partial charge is 0.387 e. The van der Waals surface area contributed by atoms with E-state index in [2.05, 4.69) is 10.1 Å². The van der Waals surface area contributed by atoms with E-state index in [1.165, 1.54) is 24.3 Å². The summed E-state index contributed by atoms with van der Waals surface area (Å²) in [5, 5.41) is 13.9. The summed E-state index contributed by atoms with van der Waals surface area (Å²) in [6.45, 7) is -2.57. The van der Waals surface area contributed by atoms with Gasteiger partial charge in [-0.2, -0.15) is 13.3 Å². The van der Waals surface area contributed by atoms with Crippen molar-refractivity contribution in [3.05, 3.63) is 84.6 Å². The van der Waals surface area contributed by atoms with E-state index in [0.717, 1.165) is 0 Å². The lowest BCUT2D eigenvalue weighted by Crippen LogP contribution is -2.40. The molecule has 28 heavy (non-hydrogen) atoms. The van der Waals surface area contributed by atoms with Gasteiger partial charge in [0.25, 0.3) is 5.70 Å². The van der Waals surface area contributed by atoms with Crippen molar-refractivity contribution in [1.29, 1.82) is 0 Å². The lowest BCUT2D eigenvalue weighted by atomic mass is 10.1. The lowest BCUT2D eigenvalue weighted by molar-refractivity contribution is -0.576. The number of ether oxygens (including phenoxy) is 1. The fourth-order valence-corrected chi connectivity index (χ4v) is 2.76. The Hall–Kier alpha value is -3.26. The van der Waals surface area contributed by atoms with Crippen molar-refractivity contribution in [3.63, 3.8) is 0 Å². The predicted molar refractivity (Wildman–Crippen MR) is 104 cm³/mol. The molecule has 1 aromatic carbocycles. The third-order valence-electron chi connectivity index (χ3n) is 3.77. The monoisotopic (exact) mass is 403 g/mol. The number of benzene rings is 1. The van der Waals surface area contributed by atoms with Gasteiger partial charge in [0.15, 0.2) is 23.1 Å². The molecule has 0 bridgehead atoms. The van der Waals surface area contributed by atoms with Gasteiger partial charge >= 0.3 is 6.61 Å². The Morgan fingerprint density at radius 2 is 1.82 bits per heavy atom. The molecular weight excluding hydrogens is 386 g/mol. The maximum absolute atomic E-state index is 12.3. The molecule has 3 rings (SSSR count). The quantitative estimate of drug-likeness (QED) is 0.268. The highest BCUT2D eigenvalue weighted by atomic mass is 32.1. The molecule has 0 aliphatic rings. The minimum Gasteiger partial charge on any atom is -0.502 e. The lowest BCUT2D eigenvalue weighted by Gasteiger charge is -2.10. The number of hydrogen-bond donors (Lipinski definition) is 2. The van der Waals surface area contributed by atoms with E-state index in [1.54, 1.807) is 47.5 Å². The van der Waals surface area contributed by atoms with Gasteiger partial charge in [-0.15, -0.1) is 0 Å². The maximum atomic E-state index is 12.3. The zero-order valence-electron chi connectivity index (χ0n) is 14.6. The van der Waals surface area contributed by atoms with E-state index in [9.17, 15) is 13.9 Å². The average Bonchev–Trinajstić information content (AvgIpc) is 3.21. The van der Waals surface area contributed by atoms with E-state index >= 15 is 0 Å². The van der Waals surface area contributed by atoms with Gasteiger partial charge in [0.05, 0.1) is 12.8 Å². The number of halogens is 2. The van der Waals surface area contributed by atoms with Crippen molar-refractivity contribution < 1.29 is 27.6 Å². The summed E-state index contributed by atoms with van der Waals surface area (Å²) >= 11 is 5.47. The van der Waals surface area contributed by atoms with Crippen LogP contribution in [0.5, 0.6) is 5.75 Å². The van der Waals surface area contributed by atoms with Gasteiger partial charge in [-0.1, -0.05) is 18.3 Å². The van der Waals surface area contributed by atoms with Crippen molar-refractivity contribution in [2.24, 2.45) is 0 Å². The Morgan fingerprint density at radius 1 is 1.11 bits per heavy atom. The second-order valence-corrected chi connectivity index (χ2v) is 6.05. The molecule has 0 fully saturated rings. The molecule has 5 nitrogen and oxygen atoms in total. The third-order valence-corrected chi connectivity index (χ3v) is 4.11. The number of thiocarbonyl (C=S) groups is 1. The Kier molecular flexibility index (Phi) is 6.33. The Bertz CT molecular complexity index is 943. The summed E-state index contributed by atoms with van der Waals surface area (Å²) in [7, 11) is 0. The first-order chi connectivity index (χ1) is 13.5. The molecule has 0 spiro atoms. The Balaban J connectivity index is 1.91. The largest absolute Gasteiger partial charge is 0.502 e. The molecule has 0 unspecified atom stereocenters. The van der Waals surface area contributed by atoms with Gasteiger partial charge in [-0.3, -0.25) is 0 Å². The summed E-state index contributed by atoms with van der Waals surface area (Å²) in [6, 6.07) is 14.6. The van der Waals surface area contributed by atoms with Gasteiger partial charge < -0.3 is 19.6 Å². The number of aliphatic hydroxyl groups excluding tert-OH is 1. The molecule has 8 heteroatoms. The molecule has 0 atom stereocenters. The SMILES string of the molecule is O/C(=C(/C(=S)NCc1ccco1)[n+]1ccccc1)c1ccc(OC(F)F)cc1. The van der Waals surface area contributed by atoms with Crippen LogP contribution in [0.2, 0.25) is 0 Å². The first-order valence-corrected chi connectivity index (χ1v) is 8.71. The van der Waals surface area contributed by atoms with Crippen molar-refractivity contribution in [1.82, 2.24) is 5.32 Å².